The van der Waals surface area contributed by atoms with Crippen LogP contribution in [-0.2, 0) is 10.4 Å². The summed E-state index contributed by atoms with van der Waals surface area (Å²) in [5.74, 6) is 0.0454. The Morgan fingerprint density at radius 2 is 1.47 bits per heavy atom. The van der Waals surface area contributed by atoms with Gasteiger partial charge in [-0.15, -0.1) is 0 Å². The second-order valence-electron chi connectivity index (χ2n) is 6.32. The first kappa shape index (κ1) is 21.1. The third kappa shape index (κ3) is 3.53. The van der Waals surface area contributed by atoms with Crippen molar-refractivity contribution in [2.75, 3.05) is 28.4 Å². The van der Waals surface area contributed by atoms with E-state index in [0.29, 0.717) is 17.1 Å². The number of hydrogen-bond donors (Lipinski definition) is 2. The number of carboxylic acid groups (broad SMARTS) is 1. The molecule has 0 amide bonds. The van der Waals surface area contributed by atoms with Crippen LogP contribution in [0.4, 0.5) is 0 Å². The normalized spacial score (nSPS) is 12.7. The maximum absolute atomic E-state index is 12.2. The summed E-state index contributed by atoms with van der Waals surface area (Å²) in [5, 5.41) is 21.1. The number of hydrogen-bond acceptors (Lipinski definition) is 7. The molecule has 0 aliphatic heterocycles. The fourth-order valence-electron chi connectivity index (χ4n) is 3.10. The highest BCUT2D eigenvalue weighted by atomic mass is 16.5. The van der Waals surface area contributed by atoms with Crippen LogP contribution in [0.1, 0.15) is 11.3 Å². The van der Waals surface area contributed by atoms with E-state index in [1.54, 1.807) is 37.4 Å². The summed E-state index contributed by atoms with van der Waals surface area (Å²) in [6.45, 7) is 0. The molecule has 3 aromatic rings. The van der Waals surface area contributed by atoms with E-state index in [9.17, 15) is 15.0 Å². The number of methoxy groups -OCH3 is 4. The van der Waals surface area contributed by atoms with Crippen LogP contribution >= 0.6 is 0 Å². The molecule has 1 atom stereocenters. The summed E-state index contributed by atoms with van der Waals surface area (Å²) >= 11 is 0. The predicted octanol–water partition coefficient (Wildman–Crippen LogP) is 3.30. The number of aliphatic hydroxyl groups is 1. The number of carbonyl (C=O) groups is 1. The molecule has 0 spiro atoms. The van der Waals surface area contributed by atoms with Crippen LogP contribution in [0.2, 0.25) is 0 Å². The average molecular weight is 414 g/mol. The van der Waals surface area contributed by atoms with Gasteiger partial charge in [0.2, 0.25) is 11.4 Å². The topological polar surface area (TPSA) is 108 Å². The molecule has 1 unspecified atom stereocenters. The lowest BCUT2D eigenvalue weighted by molar-refractivity contribution is -0.156. The van der Waals surface area contributed by atoms with Crippen LogP contribution in [0, 0.1) is 0 Å². The summed E-state index contributed by atoms with van der Waals surface area (Å²) in [5.41, 5.74) is -1.81. The smallest absolute Gasteiger partial charge is 0.348 e. The maximum atomic E-state index is 12.2. The monoisotopic (exact) mass is 414 g/mol. The minimum absolute atomic E-state index is 0.0138. The Bertz CT molecular complexity index is 1010. The molecule has 8 nitrogen and oxygen atoms in total. The van der Waals surface area contributed by atoms with Gasteiger partial charge in [0.25, 0.3) is 0 Å². The van der Waals surface area contributed by atoms with Crippen LogP contribution in [0.3, 0.4) is 0 Å². The zero-order valence-electron chi connectivity index (χ0n) is 17.0. The van der Waals surface area contributed by atoms with Gasteiger partial charge in [-0.2, -0.15) is 0 Å². The van der Waals surface area contributed by atoms with Crippen molar-refractivity contribution in [1.82, 2.24) is 0 Å². The second kappa shape index (κ2) is 8.38. The molecule has 0 bridgehead atoms. The maximum Gasteiger partial charge on any atom is 0.348 e. The standard InChI is InChI=1S/C22H22O8/c1-26-15-7-5-13(6-8-15)16-9-10-19(30-16)22(25,21(23)24)14-11-17(27-2)20(29-4)18(12-14)28-3/h5-12,25H,1-4H3,(H,23,24). The Balaban J connectivity index is 2.11. The highest BCUT2D eigenvalue weighted by molar-refractivity contribution is 5.84. The third-order valence-electron chi connectivity index (χ3n) is 4.73. The highest BCUT2D eigenvalue weighted by Crippen LogP contribution is 2.43. The molecule has 0 radical (unpaired) electrons. The van der Waals surface area contributed by atoms with Crippen LogP contribution in [-0.4, -0.2) is 44.6 Å². The Kier molecular flexibility index (Phi) is 5.89. The van der Waals surface area contributed by atoms with Gasteiger partial charge in [-0.3, -0.25) is 0 Å². The second-order valence-corrected chi connectivity index (χ2v) is 6.32. The van der Waals surface area contributed by atoms with Gasteiger partial charge >= 0.3 is 5.97 Å². The van der Waals surface area contributed by atoms with E-state index in [1.807, 2.05) is 0 Å². The third-order valence-corrected chi connectivity index (χ3v) is 4.73. The Morgan fingerprint density at radius 1 is 0.867 bits per heavy atom. The largest absolute Gasteiger partial charge is 0.497 e. The van der Waals surface area contributed by atoms with Crippen molar-refractivity contribution in [3.8, 4) is 34.3 Å². The summed E-state index contributed by atoms with van der Waals surface area (Å²) in [4.78, 5) is 12.2. The molecule has 0 saturated carbocycles. The van der Waals surface area contributed by atoms with Crippen molar-refractivity contribution < 1.29 is 38.4 Å². The highest BCUT2D eigenvalue weighted by Gasteiger charge is 2.44. The fourth-order valence-corrected chi connectivity index (χ4v) is 3.10. The van der Waals surface area contributed by atoms with Gasteiger partial charge in [0.15, 0.2) is 17.3 Å². The minimum Gasteiger partial charge on any atom is -0.497 e. The number of furan rings is 1. The Labute approximate surface area is 173 Å². The average Bonchev–Trinajstić information content (AvgIpc) is 3.28. The lowest BCUT2D eigenvalue weighted by atomic mass is 9.90. The summed E-state index contributed by atoms with van der Waals surface area (Å²) in [7, 11) is 5.78. The first-order valence-electron chi connectivity index (χ1n) is 8.90. The van der Waals surface area contributed by atoms with Crippen molar-refractivity contribution in [2.24, 2.45) is 0 Å². The van der Waals surface area contributed by atoms with Crippen LogP contribution in [0.25, 0.3) is 11.3 Å². The first-order valence-corrected chi connectivity index (χ1v) is 8.90. The van der Waals surface area contributed by atoms with Crippen LogP contribution in [0.5, 0.6) is 23.0 Å². The summed E-state index contributed by atoms with van der Waals surface area (Å²) in [6, 6.07) is 12.8. The van der Waals surface area contributed by atoms with Gasteiger partial charge in [0, 0.05) is 11.1 Å². The molecule has 0 aliphatic carbocycles. The lowest BCUT2D eigenvalue weighted by Gasteiger charge is -2.24. The quantitative estimate of drug-likeness (QED) is 0.578. The molecule has 1 aromatic heterocycles. The summed E-state index contributed by atoms with van der Waals surface area (Å²) in [6.07, 6.45) is 0. The van der Waals surface area contributed by atoms with Gasteiger partial charge < -0.3 is 33.6 Å². The number of carboxylic acids is 1. The Hall–Kier alpha value is -3.65. The van der Waals surface area contributed by atoms with Crippen molar-refractivity contribution in [3.63, 3.8) is 0 Å². The number of ether oxygens (including phenoxy) is 4. The van der Waals surface area contributed by atoms with Gasteiger partial charge in [0.1, 0.15) is 11.5 Å². The number of rotatable bonds is 8. The molecule has 0 aliphatic rings. The predicted molar refractivity (Wildman–Crippen MR) is 107 cm³/mol. The molecule has 0 fully saturated rings. The Morgan fingerprint density at radius 3 is 1.93 bits per heavy atom. The van der Waals surface area contributed by atoms with E-state index in [-0.39, 0.29) is 28.6 Å². The molecule has 3 rings (SSSR count). The SMILES string of the molecule is COc1ccc(-c2ccc(C(O)(C(=O)O)c3cc(OC)c(OC)c(OC)c3)o2)cc1. The van der Waals surface area contributed by atoms with E-state index in [1.165, 1.54) is 39.5 Å². The van der Waals surface area contributed by atoms with E-state index in [2.05, 4.69) is 0 Å². The molecular weight excluding hydrogens is 392 g/mol. The van der Waals surface area contributed by atoms with E-state index >= 15 is 0 Å². The van der Waals surface area contributed by atoms with Crippen molar-refractivity contribution in [3.05, 3.63) is 59.9 Å². The van der Waals surface area contributed by atoms with Gasteiger partial charge in [-0.05, 0) is 48.5 Å². The molecule has 8 heteroatoms. The fraction of sp³-hybridized carbons (Fsp3) is 0.227. The van der Waals surface area contributed by atoms with Gasteiger partial charge in [-0.25, -0.2) is 4.79 Å². The molecular formula is C22H22O8. The molecule has 30 heavy (non-hydrogen) atoms. The molecule has 0 saturated heterocycles. The van der Waals surface area contributed by atoms with Crippen LogP contribution in [0.15, 0.2) is 52.9 Å². The summed E-state index contributed by atoms with van der Waals surface area (Å²) < 4.78 is 26.7. The lowest BCUT2D eigenvalue weighted by Crippen LogP contribution is -2.36. The molecule has 2 aromatic carbocycles. The minimum atomic E-state index is -2.49. The van der Waals surface area contributed by atoms with Crippen LogP contribution < -0.4 is 18.9 Å². The van der Waals surface area contributed by atoms with E-state index < -0.39 is 11.6 Å². The first-order chi connectivity index (χ1) is 14.4. The van der Waals surface area contributed by atoms with Crippen molar-refractivity contribution in [1.29, 1.82) is 0 Å². The van der Waals surface area contributed by atoms with Gasteiger partial charge in [0.05, 0.1) is 28.4 Å². The van der Waals surface area contributed by atoms with Gasteiger partial charge in [-0.1, -0.05) is 0 Å². The van der Waals surface area contributed by atoms with Crippen molar-refractivity contribution >= 4 is 5.97 Å². The molecule has 1 heterocycles. The number of benzene rings is 2. The zero-order valence-corrected chi connectivity index (χ0v) is 17.0. The molecule has 158 valence electrons. The van der Waals surface area contributed by atoms with E-state index in [0.717, 1.165) is 0 Å². The zero-order chi connectivity index (χ0) is 21.9. The number of aliphatic carboxylic acids is 1. The van der Waals surface area contributed by atoms with E-state index in [4.69, 9.17) is 23.4 Å². The molecule has 2 N–H and O–H groups in total. The van der Waals surface area contributed by atoms with Crippen molar-refractivity contribution in [2.45, 2.75) is 5.60 Å².